The maximum absolute atomic E-state index is 11.7. The van der Waals surface area contributed by atoms with Crippen LogP contribution in [0.4, 0.5) is 5.69 Å². The normalized spacial score (nSPS) is 12.1. The minimum atomic E-state index is -0.403. The van der Waals surface area contributed by atoms with Crippen LogP contribution in [0.15, 0.2) is 18.2 Å². The van der Waals surface area contributed by atoms with Crippen molar-refractivity contribution in [2.75, 3.05) is 12.3 Å². The van der Waals surface area contributed by atoms with E-state index in [4.69, 9.17) is 10.5 Å². The van der Waals surface area contributed by atoms with Gasteiger partial charge < -0.3 is 15.6 Å². The predicted molar refractivity (Wildman–Crippen MR) is 66.9 cm³/mol. The summed E-state index contributed by atoms with van der Waals surface area (Å²) in [7, 11) is 0. The number of benzene rings is 1. The number of rotatable bonds is 5. The van der Waals surface area contributed by atoms with Gasteiger partial charge in [0.2, 0.25) is 0 Å². The van der Waals surface area contributed by atoms with E-state index in [0.29, 0.717) is 18.1 Å². The van der Waals surface area contributed by atoms with Crippen LogP contribution in [0.1, 0.15) is 37.0 Å². The average Bonchev–Trinajstić information content (AvgIpc) is 2.30. The van der Waals surface area contributed by atoms with Crippen LogP contribution in [0.5, 0.6) is 5.75 Å². The van der Waals surface area contributed by atoms with Gasteiger partial charge in [-0.05, 0) is 30.5 Å². The van der Waals surface area contributed by atoms with Crippen molar-refractivity contribution in [3.8, 4) is 5.75 Å². The second-order valence-electron chi connectivity index (χ2n) is 4.27. The lowest BCUT2D eigenvalue weighted by molar-refractivity contribution is 0.0443. The molecule has 0 aromatic heterocycles. The number of anilines is 1. The molecule has 0 radical (unpaired) electrons. The number of hydrogen-bond donors (Lipinski definition) is 2. The molecule has 17 heavy (non-hydrogen) atoms. The van der Waals surface area contributed by atoms with E-state index in [1.54, 1.807) is 0 Å². The smallest absolute Gasteiger partial charge is 0.338 e. The van der Waals surface area contributed by atoms with E-state index in [-0.39, 0.29) is 11.4 Å². The summed E-state index contributed by atoms with van der Waals surface area (Å²) in [6.45, 7) is 4.55. The number of hydrogen-bond acceptors (Lipinski definition) is 4. The van der Waals surface area contributed by atoms with E-state index in [2.05, 4.69) is 6.92 Å². The van der Waals surface area contributed by atoms with Gasteiger partial charge >= 0.3 is 5.97 Å². The van der Waals surface area contributed by atoms with E-state index in [0.717, 1.165) is 12.8 Å². The van der Waals surface area contributed by atoms with Gasteiger partial charge in [0.05, 0.1) is 17.9 Å². The fourth-order valence-electron chi connectivity index (χ4n) is 1.56. The van der Waals surface area contributed by atoms with Crippen molar-refractivity contribution in [3.05, 3.63) is 23.8 Å². The summed E-state index contributed by atoms with van der Waals surface area (Å²) in [6.07, 6.45) is 2.11. The van der Waals surface area contributed by atoms with Crippen molar-refractivity contribution >= 4 is 11.7 Å². The molecular weight excluding hydrogens is 218 g/mol. The fraction of sp³-hybridized carbons (Fsp3) is 0.462. The Labute approximate surface area is 101 Å². The Balaban J connectivity index is 2.55. The third-order valence-electron chi connectivity index (χ3n) is 2.54. The molecule has 94 valence electrons. The zero-order chi connectivity index (χ0) is 12.8. The Hall–Kier alpha value is -1.71. The lowest BCUT2D eigenvalue weighted by Gasteiger charge is -2.11. The molecule has 1 atom stereocenters. The summed E-state index contributed by atoms with van der Waals surface area (Å²) in [5, 5.41) is 9.24. The average molecular weight is 237 g/mol. The molecule has 0 aliphatic carbocycles. The van der Waals surface area contributed by atoms with Crippen LogP contribution in [-0.4, -0.2) is 17.7 Å². The fourth-order valence-corrected chi connectivity index (χ4v) is 1.56. The summed E-state index contributed by atoms with van der Waals surface area (Å²) in [5.41, 5.74) is 6.05. The second kappa shape index (κ2) is 6.13. The summed E-state index contributed by atoms with van der Waals surface area (Å²) >= 11 is 0. The van der Waals surface area contributed by atoms with Crippen molar-refractivity contribution in [2.45, 2.75) is 26.7 Å². The van der Waals surface area contributed by atoms with Crippen LogP contribution >= 0.6 is 0 Å². The first-order valence-electron chi connectivity index (χ1n) is 5.80. The van der Waals surface area contributed by atoms with Gasteiger partial charge in [0.15, 0.2) is 0 Å². The highest BCUT2D eigenvalue weighted by atomic mass is 16.5. The number of carbonyl (C=O) groups is 1. The van der Waals surface area contributed by atoms with Crippen LogP contribution in [0, 0.1) is 5.92 Å². The van der Waals surface area contributed by atoms with E-state index >= 15 is 0 Å². The molecule has 0 heterocycles. The Kier molecular flexibility index (Phi) is 4.82. The highest BCUT2D eigenvalue weighted by Crippen LogP contribution is 2.21. The molecule has 0 aliphatic heterocycles. The van der Waals surface area contributed by atoms with Crippen LogP contribution in [0.25, 0.3) is 0 Å². The monoisotopic (exact) mass is 237 g/mol. The third-order valence-corrected chi connectivity index (χ3v) is 2.54. The summed E-state index contributed by atoms with van der Waals surface area (Å²) in [6, 6.07) is 4.31. The first-order valence-corrected chi connectivity index (χ1v) is 5.80. The maximum atomic E-state index is 11.7. The van der Waals surface area contributed by atoms with Gasteiger partial charge in [-0.1, -0.05) is 20.3 Å². The number of carbonyl (C=O) groups excluding carboxylic acids is 1. The number of phenols is 1. The molecule has 0 fully saturated rings. The van der Waals surface area contributed by atoms with Crippen LogP contribution in [-0.2, 0) is 4.74 Å². The largest absolute Gasteiger partial charge is 0.506 e. The molecule has 3 N–H and O–H groups in total. The minimum Gasteiger partial charge on any atom is -0.506 e. The van der Waals surface area contributed by atoms with E-state index in [9.17, 15) is 9.90 Å². The number of esters is 1. The Morgan fingerprint density at radius 1 is 1.53 bits per heavy atom. The summed E-state index contributed by atoms with van der Waals surface area (Å²) in [5.74, 6) is -0.0704. The molecular formula is C13H19NO3. The number of nitrogen functional groups attached to an aromatic ring is 1. The van der Waals surface area contributed by atoms with Crippen LogP contribution in [0.3, 0.4) is 0 Å². The quantitative estimate of drug-likeness (QED) is 0.469. The molecule has 4 nitrogen and oxygen atoms in total. The summed E-state index contributed by atoms with van der Waals surface area (Å²) < 4.78 is 5.16. The van der Waals surface area contributed by atoms with Gasteiger partial charge in [0.25, 0.3) is 0 Å². The first kappa shape index (κ1) is 13.4. The first-order chi connectivity index (χ1) is 8.04. The molecule has 1 aromatic carbocycles. The van der Waals surface area contributed by atoms with Crippen LogP contribution in [0.2, 0.25) is 0 Å². The maximum Gasteiger partial charge on any atom is 0.338 e. The standard InChI is InChI=1S/C13H19NO3/c1-3-4-9(2)8-17-13(16)10-5-6-12(15)11(14)7-10/h5-7,9,15H,3-4,8,14H2,1-2H3. The number of nitrogens with two attached hydrogens (primary N) is 1. The third kappa shape index (κ3) is 3.98. The van der Waals surface area contributed by atoms with Gasteiger partial charge in [0, 0.05) is 0 Å². The van der Waals surface area contributed by atoms with Gasteiger partial charge in [-0.15, -0.1) is 0 Å². The van der Waals surface area contributed by atoms with Gasteiger partial charge in [0.1, 0.15) is 5.75 Å². The molecule has 4 heteroatoms. The SMILES string of the molecule is CCCC(C)COC(=O)c1ccc(O)c(N)c1. The Morgan fingerprint density at radius 3 is 2.82 bits per heavy atom. The van der Waals surface area contributed by atoms with Crippen molar-refractivity contribution in [2.24, 2.45) is 5.92 Å². The topological polar surface area (TPSA) is 72.5 Å². The van der Waals surface area contributed by atoms with Crippen molar-refractivity contribution in [1.29, 1.82) is 0 Å². The summed E-state index contributed by atoms with van der Waals surface area (Å²) in [4.78, 5) is 11.7. The van der Waals surface area contributed by atoms with E-state index < -0.39 is 5.97 Å². The van der Waals surface area contributed by atoms with Crippen molar-refractivity contribution in [3.63, 3.8) is 0 Å². The Bertz CT molecular complexity index is 390. The molecule has 0 saturated carbocycles. The van der Waals surface area contributed by atoms with Gasteiger partial charge in [-0.3, -0.25) is 0 Å². The van der Waals surface area contributed by atoms with E-state index in [1.165, 1.54) is 18.2 Å². The molecule has 0 amide bonds. The Morgan fingerprint density at radius 2 is 2.24 bits per heavy atom. The van der Waals surface area contributed by atoms with E-state index in [1.807, 2.05) is 6.92 Å². The molecule has 1 aromatic rings. The zero-order valence-electron chi connectivity index (χ0n) is 10.3. The predicted octanol–water partition coefficient (Wildman–Crippen LogP) is 2.57. The number of phenolic OH excluding ortho intramolecular Hbond substituents is 1. The zero-order valence-corrected chi connectivity index (χ0v) is 10.3. The highest BCUT2D eigenvalue weighted by Gasteiger charge is 2.11. The molecule has 0 aliphatic rings. The molecule has 0 bridgehead atoms. The van der Waals surface area contributed by atoms with Gasteiger partial charge in [-0.25, -0.2) is 4.79 Å². The van der Waals surface area contributed by atoms with Gasteiger partial charge in [-0.2, -0.15) is 0 Å². The highest BCUT2D eigenvalue weighted by molar-refractivity contribution is 5.90. The number of ether oxygens (including phenoxy) is 1. The molecule has 0 spiro atoms. The van der Waals surface area contributed by atoms with Crippen molar-refractivity contribution in [1.82, 2.24) is 0 Å². The van der Waals surface area contributed by atoms with Crippen molar-refractivity contribution < 1.29 is 14.6 Å². The second-order valence-corrected chi connectivity index (χ2v) is 4.27. The lowest BCUT2D eigenvalue weighted by Crippen LogP contribution is -2.12. The molecule has 0 saturated heterocycles. The molecule has 1 unspecified atom stereocenters. The number of aromatic hydroxyl groups is 1. The van der Waals surface area contributed by atoms with Crippen LogP contribution < -0.4 is 5.73 Å². The lowest BCUT2D eigenvalue weighted by atomic mass is 10.1. The molecule has 1 rings (SSSR count). The minimum absolute atomic E-state index is 0.0269.